The van der Waals surface area contributed by atoms with Crippen molar-refractivity contribution < 1.29 is 4.79 Å². The molecule has 4 nitrogen and oxygen atoms in total. The smallest absolute Gasteiger partial charge is 0.224 e. The monoisotopic (exact) mass is 371 g/mol. The number of nitrogens with one attached hydrogen (secondary N) is 1. The maximum absolute atomic E-state index is 12.0. The molecule has 0 fully saturated rings. The zero-order chi connectivity index (χ0) is 16.2. The van der Waals surface area contributed by atoms with Crippen LogP contribution in [0.4, 0.5) is 0 Å². The van der Waals surface area contributed by atoms with Gasteiger partial charge in [0, 0.05) is 17.6 Å². The first-order valence-electron chi connectivity index (χ1n) is 7.56. The van der Waals surface area contributed by atoms with Crippen LogP contribution in [0.1, 0.15) is 11.4 Å². The van der Waals surface area contributed by atoms with Crippen LogP contribution < -0.4 is 5.32 Å². The third kappa shape index (κ3) is 3.79. The molecule has 0 aliphatic carbocycles. The van der Waals surface area contributed by atoms with E-state index in [1.54, 1.807) is 0 Å². The molecule has 1 N–H and O–H groups in total. The van der Waals surface area contributed by atoms with Crippen molar-refractivity contribution in [3.63, 3.8) is 0 Å². The van der Waals surface area contributed by atoms with Crippen LogP contribution in [0, 0.1) is 6.92 Å². The molecular formula is C18H18BrN3O. The molecule has 0 atom stereocenters. The van der Waals surface area contributed by atoms with Crippen LogP contribution in [0.5, 0.6) is 0 Å². The van der Waals surface area contributed by atoms with E-state index in [4.69, 9.17) is 0 Å². The molecule has 3 rings (SSSR count). The number of carbonyl (C=O) groups is 1. The lowest BCUT2D eigenvalue weighted by molar-refractivity contribution is -0.120. The molecule has 0 saturated carbocycles. The van der Waals surface area contributed by atoms with E-state index in [-0.39, 0.29) is 5.91 Å². The summed E-state index contributed by atoms with van der Waals surface area (Å²) in [5.41, 5.74) is 3.10. The summed E-state index contributed by atoms with van der Waals surface area (Å²) >= 11 is 3.39. The predicted octanol–water partition coefficient (Wildman–Crippen LogP) is 3.47. The van der Waals surface area contributed by atoms with Gasteiger partial charge < -0.3 is 9.88 Å². The van der Waals surface area contributed by atoms with E-state index >= 15 is 0 Å². The van der Waals surface area contributed by atoms with Crippen LogP contribution in [-0.2, 0) is 17.8 Å². The number of aromatic nitrogens is 2. The lowest BCUT2D eigenvalue weighted by Gasteiger charge is -2.09. The minimum Gasteiger partial charge on any atom is -0.354 e. The molecule has 0 unspecified atom stereocenters. The molecule has 1 amide bonds. The Labute approximate surface area is 143 Å². The van der Waals surface area contributed by atoms with Crippen molar-refractivity contribution >= 4 is 32.9 Å². The highest BCUT2D eigenvalue weighted by molar-refractivity contribution is 9.10. The van der Waals surface area contributed by atoms with Crippen LogP contribution in [-0.4, -0.2) is 22.0 Å². The number of fused-ring (bicyclic) bond motifs is 1. The lowest BCUT2D eigenvalue weighted by Crippen LogP contribution is -2.28. The number of carbonyl (C=O) groups excluding carboxylic acids is 1. The number of para-hydroxylation sites is 2. The molecule has 1 aromatic heterocycles. The fourth-order valence-electron chi connectivity index (χ4n) is 2.64. The van der Waals surface area contributed by atoms with Gasteiger partial charge in [-0.15, -0.1) is 0 Å². The van der Waals surface area contributed by atoms with Gasteiger partial charge in [0.25, 0.3) is 0 Å². The standard InChI is InChI=1S/C18H18BrN3O/c1-13-21-16-4-2-3-5-17(16)22(13)11-10-20-18(23)12-14-6-8-15(19)9-7-14/h2-9H,10-12H2,1H3,(H,20,23). The van der Waals surface area contributed by atoms with Crippen molar-refractivity contribution in [2.24, 2.45) is 0 Å². The van der Waals surface area contributed by atoms with Gasteiger partial charge in [0.05, 0.1) is 17.5 Å². The quantitative estimate of drug-likeness (QED) is 0.746. The van der Waals surface area contributed by atoms with Gasteiger partial charge in [0.15, 0.2) is 0 Å². The van der Waals surface area contributed by atoms with E-state index in [1.807, 2.05) is 49.4 Å². The summed E-state index contributed by atoms with van der Waals surface area (Å²) in [5, 5.41) is 2.98. The molecule has 5 heteroatoms. The van der Waals surface area contributed by atoms with Crippen molar-refractivity contribution in [2.75, 3.05) is 6.54 Å². The van der Waals surface area contributed by atoms with Gasteiger partial charge in [0.2, 0.25) is 5.91 Å². The van der Waals surface area contributed by atoms with Gasteiger partial charge >= 0.3 is 0 Å². The Morgan fingerprint density at radius 3 is 2.70 bits per heavy atom. The highest BCUT2D eigenvalue weighted by Gasteiger charge is 2.07. The maximum Gasteiger partial charge on any atom is 0.224 e. The second-order valence-electron chi connectivity index (χ2n) is 5.45. The maximum atomic E-state index is 12.0. The van der Waals surface area contributed by atoms with Crippen LogP contribution in [0.25, 0.3) is 11.0 Å². The fourth-order valence-corrected chi connectivity index (χ4v) is 2.90. The molecule has 0 aliphatic rings. The van der Waals surface area contributed by atoms with E-state index in [0.717, 1.165) is 33.4 Å². The van der Waals surface area contributed by atoms with Crippen LogP contribution in [0.3, 0.4) is 0 Å². The summed E-state index contributed by atoms with van der Waals surface area (Å²) in [6.07, 6.45) is 0.400. The lowest BCUT2D eigenvalue weighted by atomic mass is 10.1. The zero-order valence-electron chi connectivity index (χ0n) is 12.9. The Kier molecular flexibility index (Phi) is 4.76. The number of amides is 1. The SMILES string of the molecule is Cc1nc2ccccc2n1CCNC(=O)Cc1ccc(Br)cc1. The number of hydrogen-bond donors (Lipinski definition) is 1. The molecule has 0 spiro atoms. The summed E-state index contributed by atoms with van der Waals surface area (Å²) in [6.45, 7) is 3.30. The summed E-state index contributed by atoms with van der Waals surface area (Å²) in [7, 11) is 0. The Hall–Kier alpha value is -2.14. The Morgan fingerprint density at radius 1 is 1.17 bits per heavy atom. The number of aryl methyl sites for hydroxylation is 1. The minimum absolute atomic E-state index is 0.0365. The van der Waals surface area contributed by atoms with Crippen molar-refractivity contribution in [2.45, 2.75) is 19.9 Å². The van der Waals surface area contributed by atoms with Gasteiger partial charge in [-0.3, -0.25) is 4.79 Å². The number of nitrogens with zero attached hydrogens (tertiary/aromatic N) is 2. The van der Waals surface area contributed by atoms with E-state index < -0.39 is 0 Å². The topological polar surface area (TPSA) is 46.9 Å². The molecule has 2 aromatic carbocycles. The van der Waals surface area contributed by atoms with Crippen molar-refractivity contribution in [1.29, 1.82) is 0 Å². The largest absolute Gasteiger partial charge is 0.354 e. The molecule has 0 saturated heterocycles. The first kappa shape index (κ1) is 15.7. The third-order valence-electron chi connectivity index (χ3n) is 3.78. The van der Waals surface area contributed by atoms with Gasteiger partial charge in [0.1, 0.15) is 5.82 Å². The first-order valence-corrected chi connectivity index (χ1v) is 8.36. The second-order valence-corrected chi connectivity index (χ2v) is 6.37. The number of hydrogen-bond acceptors (Lipinski definition) is 2. The number of rotatable bonds is 5. The molecule has 23 heavy (non-hydrogen) atoms. The second kappa shape index (κ2) is 6.96. The molecule has 0 radical (unpaired) electrons. The summed E-state index contributed by atoms with van der Waals surface area (Å²) in [4.78, 5) is 16.6. The molecule has 1 heterocycles. The van der Waals surface area contributed by atoms with E-state index in [2.05, 4.69) is 36.9 Å². The molecule has 3 aromatic rings. The van der Waals surface area contributed by atoms with Gasteiger partial charge in [-0.25, -0.2) is 4.98 Å². The van der Waals surface area contributed by atoms with Crippen LogP contribution >= 0.6 is 15.9 Å². The van der Waals surface area contributed by atoms with Crippen molar-refractivity contribution in [1.82, 2.24) is 14.9 Å². The van der Waals surface area contributed by atoms with Crippen LogP contribution in [0.15, 0.2) is 53.0 Å². The first-order chi connectivity index (χ1) is 11.1. The molecule has 0 aliphatic heterocycles. The molecule has 0 bridgehead atoms. The highest BCUT2D eigenvalue weighted by Crippen LogP contribution is 2.15. The Morgan fingerprint density at radius 2 is 1.91 bits per heavy atom. The average Bonchev–Trinajstić information content (AvgIpc) is 2.86. The zero-order valence-corrected chi connectivity index (χ0v) is 14.5. The normalized spacial score (nSPS) is 10.9. The minimum atomic E-state index is 0.0365. The number of halogens is 1. The predicted molar refractivity (Wildman–Crippen MR) is 95.3 cm³/mol. The summed E-state index contributed by atoms with van der Waals surface area (Å²) in [5.74, 6) is 1.00. The highest BCUT2D eigenvalue weighted by atomic mass is 79.9. The number of imidazole rings is 1. The van der Waals surface area contributed by atoms with Gasteiger partial charge in [-0.1, -0.05) is 40.2 Å². The number of benzene rings is 2. The third-order valence-corrected chi connectivity index (χ3v) is 4.31. The van der Waals surface area contributed by atoms with Crippen molar-refractivity contribution in [3.8, 4) is 0 Å². The van der Waals surface area contributed by atoms with E-state index in [1.165, 1.54) is 0 Å². The van der Waals surface area contributed by atoms with Crippen LogP contribution in [0.2, 0.25) is 0 Å². The Balaban J connectivity index is 1.57. The fraction of sp³-hybridized carbons (Fsp3) is 0.222. The van der Waals surface area contributed by atoms with Gasteiger partial charge in [-0.2, -0.15) is 0 Å². The summed E-state index contributed by atoms with van der Waals surface area (Å²) in [6, 6.07) is 15.9. The summed E-state index contributed by atoms with van der Waals surface area (Å²) < 4.78 is 3.15. The molecule has 118 valence electrons. The van der Waals surface area contributed by atoms with E-state index in [9.17, 15) is 4.79 Å². The van der Waals surface area contributed by atoms with E-state index in [0.29, 0.717) is 13.0 Å². The van der Waals surface area contributed by atoms with Gasteiger partial charge in [-0.05, 0) is 36.8 Å². The molecular weight excluding hydrogens is 354 g/mol. The van der Waals surface area contributed by atoms with Crippen molar-refractivity contribution in [3.05, 3.63) is 64.4 Å². The average molecular weight is 372 g/mol. The Bertz CT molecular complexity index is 824.